The van der Waals surface area contributed by atoms with Crippen molar-refractivity contribution in [3.05, 3.63) is 0 Å². The van der Waals surface area contributed by atoms with Crippen LogP contribution in [0.2, 0.25) is 0 Å². The first kappa shape index (κ1) is 20.4. The molecule has 0 bridgehead atoms. The zero-order valence-electron chi connectivity index (χ0n) is 19.2. The highest BCUT2D eigenvalue weighted by Gasteiger charge is 2.46. The summed E-state index contributed by atoms with van der Waals surface area (Å²) in [6.45, 7) is 8.42. The third-order valence-electron chi connectivity index (χ3n) is 10.1. The van der Waals surface area contributed by atoms with Gasteiger partial charge in [-0.2, -0.15) is 0 Å². The monoisotopic (exact) mass is 415 g/mol. The summed E-state index contributed by atoms with van der Waals surface area (Å²) in [7, 11) is 0. The summed E-state index contributed by atoms with van der Waals surface area (Å²) in [5.41, 5.74) is 0. The van der Waals surface area contributed by atoms with Gasteiger partial charge in [0.05, 0.1) is 13.2 Å². The lowest BCUT2D eigenvalue weighted by atomic mass is 9.73. The predicted molar refractivity (Wildman–Crippen MR) is 121 cm³/mol. The molecular formula is C26H45N3O. The minimum Gasteiger partial charge on any atom is -0.378 e. The first-order valence-electron chi connectivity index (χ1n) is 13.6. The Labute approximate surface area is 184 Å². The molecule has 0 aromatic rings. The zero-order valence-corrected chi connectivity index (χ0v) is 19.2. The molecule has 0 aromatic carbocycles. The number of nitrogens with zero attached hydrogens (tertiary/aromatic N) is 1. The smallest absolute Gasteiger partial charge is 0.0623 e. The van der Waals surface area contributed by atoms with E-state index in [9.17, 15) is 0 Å². The highest BCUT2D eigenvalue weighted by molar-refractivity contribution is 5.01. The van der Waals surface area contributed by atoms with Crippen molar-refractivity contribution in [2.24, 2.45) is 35.5 Å². The summed E-state index contributed by atoms with van der Waals surface area (Å²) < 4.78 is 6.02. The summed E-state index contributed by atoms with van der Waals surface area (Å²) in [5, 5.41) is 7.99. The molecule has 4 heteroatoms. The quantitative estimate of drug-likeness (QED) is 0.719. The van der Waals surface area contributed by atoms with Gasteiger partial charge in [-0.15, -0.1) is 0 Å². The second-order valence-corrected chi connectivity index (χ2v) is 12.1. The second-order valence-electron chi connectivity index (χ2n) is 12.1. The van der Waals surface area contributed by atoms with Crippen LogP contribution < -0.4 is 10.6 Å². The molecule has 0 aromatic heterocycles. The average Bonchev–Trinajstić information content (AvgIpc) is 3.44. The van der Waals surface area contributed by atoms with Gasteiger partial charge < -0.3 is 20.3 Å². The largest absolute Gasteiger partial charge is 0.378 e. The molecule has 2 saturated carbocycles. The molecule has 9 unspecified atom stereocenters. The molecule has 2 aliphatic carbocycles. The lowest BCUT2D eigenvalue weighted by Crippen LogP contribution is -2.53. The van der Waals surface area contributed by atoms with Crippen molar-refractivity contribution in [3.63, 3.8) is 0 Å². The van der Waals surface area contributed by atoms with E-state index in [0.29, 0.717) is 12.1 Å². The van der Waals surface area contributed by atoms with Crippen LogP contribution in [0.4, 0.5) is 0 Å². The van der Waals surface area contributed by atoms with E-state index in [1.165, 1.54) is 83.8 Å². The van der Waals surface area contributed by atoms with E-state index in [0.717, 1.165) is 60.8 Å². The molecule has 0 radical (unpaired) electrons. The number of hydrogen-bond donors (Lipinski definition) is 2. The van der Waals surface area contributed by atoms with Crippen molar-refractivity contribution in [3.8, 4) is 0 Å². The van der Waals surface area contributed by atoms with Gasteiger partial charge in [0.2, 0.25) is 0 Å². The maximum Gasteiger partial charge on any atom is 0.0623 e. The van der Waals surface area contributed by atoms with Crippen molar-refractivity contribution >= 4 is 0 Å². The minimum absolute atomic E-state index is 0.599. The Morgan fingerprint density at radius 2 is 1.77 bits per heavy atom. The molecule has 4 nitrogen and oxygen atoms in total. The summed E-state index contributed by atoms with van der Waals surface area (Å²) >= 11 is 0. The third-order valence-corrected chi connectivity index (χ3v) is 10.1. The van der Waals surface area contributed by atoms with Crippen LogP contribution in [0.1, 0.15) is 71.1 Å². The van der Waals surface area contributed by atoms with E-state index < -0.39 is 0 Å². The van der Waals surface area contributed by atoms with Gasteiger partial charge in [0.15, 0.2) is 0 Å². The van der Waals surface area contributed by atoms with Crippen molar-refractivity contribution in [1.29, 1.82) is 0 Å². The van der Waals surface area contributed by atoms with Crippen LogP contribution in [-0.4, -0.2) is 61.9 Å². The van der Waals surface area contributed by atoms with Crippen molar-refractivity contribution in [2.45, 2.75) is 95.3 Å². The molecule has 0 amide bonds. The van der Waals surface area contributed by atoms with E-state index >= 15 is 0 Å². The molecule has 6 fully saturated rings. The van der Waals surface area contributed by atoms with Crippen LogP contribution in [0.5, 0.6) is 0 Å². The summed E-state index contributed by atoms with van der Waals surface area (Å²) in [6.07, 6.45) is 14.4. The van der Waals surface area contributed by atoms with E-state index in [-0.39, 0.29) is 0 Å². The van der Waals surface area contributed by atoms with Crippen LogP contribution in [0, 0.1) is 35.5 Å². The van der Waals surface area contributed by atoms with Gasteiger partial charge in [-0.1, -0.05) is 6.92 Å². The lowest BCUT2D eigenvalue weighted by Gasteiger charge is -2.41. The summed E-state index contributed by atoms with van der Waals surface area (Å²) in [4.78, 5) is 2.85. The number of ether oxygens (including phenoxy) is 1. The first-order chi connectivity index (χ1) is 14.7. The molecular weight excluding hydrogens is 370 g/mol. The number of rotatable bonds is 5. The van der Waals surface area contributed by atoms with Crippen LogP contribution in [0.15, 0.2) is 0 Å². The number of piperidine rings is 2. The Morgan fingerprint density at radius 3 is 2.67 bits per heavy atom. The Kier molecular flexibility index (Phi) is 5.89. The fraction of sp³-hybridized carbons (Fsp3) is 1.00. The SMILES string of the molecule is CC1CCN2CCC(CC3CCNC4C(CC5COCC(C6CC6)N5)CCC34)C2C1. The number of fused-ring (bicyclic) bond motifs is 2. The van der Waals surface area contributed by atoms with Crippen molar-refractivity contribution < 1.29 is 4.74 Å². The predicted octanol–water partition coefficient (Wildman–Crippen LogP) is 3.66. The third kappa shape index (κ3) is 4.11. The standard InChI is InChI=1S/C26H45N3O/c1-17-7-10-29-11-8-20(25(29)12-17)13-19-6-9-27-26-21(4-5-23(19)26)14-22-15-30-16-24(28-22)18-2-3-18/h17-28H,2-16H2,1H3. The fourth-order valence-electron chi connectivity index (χ4n) is 8.36. The van der Waals surface area contributed by atoms with Crippen LogP contribution in [-0.2, 0) is 4.74 Å². The van der Waals surface area contributed by atoms with Gasteiger partial charge in [-0.3, -0.25) is 0 Å². The summed E-state index contributed by atoms with van der Waals surface area (Å²) in [6, 6.07) is 2.95. The lowest BCUT2D eigenvalue weighted by molar-refractivity contribution is 0.0292. The molecule has 4 aliphatic heterocycles. The normalized spacial score (nSPS) is 49.7. The minimum atomic E-state index is 0.599. The van der Waals surface area contributed by atoms with Gasteiger partial charge in [-0.25, -0.2) is 0 Å². The molecule has 6 aliphatic rings. The Hall–Kier alpha value is -0.160. The molecule has 4 heterocycles. The van der Waals surface area contributed by atoms with Gasteiger partial charge in [0, 0.05) is 24.2 Å². The fourth-order valence-corrected chi connectivity index (χ4v) is 8.36. The van der Waals surface area contributed by atoms with Crippen LogP contribution in [0.25, 0.3) is 0 Å². The topological polar surface area (TPSA) is 36.5 Å². The van der Waals surface area contributed by atoms with E-state index in [4.69, 9.17) is 4.74 Å². The van der Waals surface area contributed by atoms with Crippen LogP contribution in [0.3, 0.4) is 0 Å². The van der Waals surface area contributed by atoms with Gasteiger partial charge in [-0.05, 0) is 119 Å². The molecule has 2 N–H and O–H groups in total. The highest BCUT2D eigenvalue weighted by Crippen LogP contribution is 2.47. The van der Waals surface area contributed by atoms with Gasteiger partial charge >= 0.3 is 0 Å². The average molecular weight is 416 g/mol. The first-order valence-corrected chi connectivity index (χ1v) is 13.6. The molecule has 6 rings (SSSR count). The molecule has 170 valence electrons. The van der Waals surface area contributed by atoms with Crippen molar-refractivity contribution in [1.82, 2.24) is 15.5 Å². The Morgan fingerprint density at radius 1 is 0.867 bits per heavy atom. The maximum absolute atomic E-state index is 6.02. The number of nitrogens with one attached hydrogen (secondary N) is 2. The maximum atomic E-state index is 6.02. The number of hydrogen-bond acceptors (Lipinski definition) is 4. The van der Waals surface area contributed by atoms with E-state index in [2.05, 4.69) is 22.5 Å². The van der Waals surface area contributed by atoms with Crippen molar-refractivity contribution in [2.75, 3.05) is 32.8 Å². The molecule has 0 spiro atoms. The second kappa shape index (κ2) is 8.65. The molecule has 9 atom stereocenters. The summed E-state index contributed by atoms with van der Waals surface area (Å²) in [5.74, 6) is 5.65. The van der Waals surface area contributed by atoms with Gasteiger partial charge in [0.1, 0.15) is 0 Å². The van der Waals surface area contributed by atoms with Crippen LogP contribution >= 0.6 is 0 Å². The highest BCUT2D eigenvalue weighted by atomic mass is 16.5. The Balaban J connectivity index is 1.05. The zero-order chi connectivity index (χ0) is 20.1. The Bertz CT molecular complexity index is 595. The molecule has 4 saturated heterocycles. The molecule has 30 heavy (non-hydrogen) atoms. The van der Waals surface area contributed by atoms with E-state index in [1.54, 1.807) is 0 Å². The van der Waals surface area contributed by atoms with Gasteiger partial charge in [0.25, 0.3) is 0 Å². The van der Waals surface area contributed by atoms with E-state index in [1.807, 2.05) is 0 Å². The number of morpholine rings is 1.